The summed E-state index contributed by atoms with van der Waals surface area (Å²) in [5, 5.41) is 12.7. The molecule has 0 bridgehead atoms. The predicted molar refractivity (Wildman–Crippen MR) is 78.6 cm³/mol. The Morgan fingerprint density at radius 1 is 1.11 bits per heavy atom. The van der Waals surface area contributed by atoms with Crippen LogP contribution in [0.15, 0.2) is 0 Å². The van der Waals surface area contributed by atoms with Crippen LogP contribution in [0.25, 0.3) is 0 Å². The highest BCUT2D eigenvalue weighted by Crippen LogP contribution is 2.16. The van der Waals surface area contributed by atoms with Gasteiger partial charge < -0.3 is 4.90 Å². The molecule has 0 aliphatic carbocycles. The summed E-state index contributed by atoms with van der Waals surface area (Å²) in [5.74, 6) is 0. The molecule has 106 valence electrons. The summed E-state index contributed by atoms with van der Waals surface area (Å²) in [6, 6.07) is 2.47. The molecule has 0 amide bonds. The minimum absolute atomic E-state index is 0.307. The van der Waals surface area contributed by atoms with Gasteiger partial charge in [-0.25, -0.2) is 0 Å². The van der Waals surface area contributed by atoms with E-state index in [4.69, 9.17) is 0 Å². The third-order valence-corrected chi connectivity index (χ3v) is 3.69. The molecule has 0 aliphatic rings. The lowest BCUT2D eigenvalue weighted by Crippen LogP contribution is -2.43. The normalized spacial score (nSPS) is 14.4. The van der Waals surface area contributed by atoms with Crippen LogP contribution in [0.1, 0.15) is 59.8 Å². The number of rotatable bonds is 11. The minimum Gasteiger partial charge on any atom is -0.304 e. The summed E-state index contributed by atoms with van der Waals surface area (Å²) < 4.78 is 0. The summed E-state index contributed by atoms with van der Waals surface area (Å²) in [5.41, 5.74) is -0.307. The lowest BCUT2D eigenvalue weighted by Gasteiger charge is -2.28. The maximum absolute atomic E-state index is 9.35. The topological polar surface area (TPSA) is 39.1 Å². The molecule has 0 aliphatic heterocycles. The molecule has 0 spiro atoms. The summed E-state index contributed by atoms with van der Waals surface area (Å²) in [7, 11) is 0. The first-order valence-corrected chi connectivity index (χ1v) is 7.56. The Labute approximate surface area is 114 Å². The average molecular weight is 253 g/mol. The zero-order valence-corrected chi connectivity index (χ0v) is 12.8. The zero-order valence-electron chi connectivity index (χ0n) is 12.8. The van der Waals surface area contributed by atoms with Crippen molar-refractivity contribution in [2.45, 2.75) is 65.3 Å². The first-order valence-electron chi connectivity index (χ1n) is 7.56. The van der Waals surface area contributed by atoms with Crippen LogP contribution in [0.3, 0.4) is 0 Å². The molecule has 0 aromatic heterocycles. The highest BCUT2D eigenvalue weighted by Gasteiger charge is 2.25. The number of unbranched alkanes of at least 4 members (excludes halogenated alkanes) is 1. The highest BCUT2D eigenvalue weighted by molar-refractivity contribution is 5.05. The van der Waals surface area contributed by atoms with Gasteiger partial charge >= 0.3 is 0 Å². The molecule has 0 aromatic carbocycles. The van der Waals surface area contributed by atoms with Crippen molar-refractivity contribution in [3.05, 3.63) is 0 Å². The van der Waals surface area contributed by atoms with E-state index in [0.717, 1.165) is 38.9 Å². The molecule has 0 aromatic rings. The van der Waals surface area contributed by atoms with Crippen LogP contribution in [-0.4, -0.2) is 36.6 Å². The summed E-state index contributed by atoms with van der Waals surface area (Å²) >= 11 is 0. The molecule has 0 heterocycles. The number of nitriles is 1. The van der Waals surface area contributed by atoms with E-state index in [2.05, 4.69) is 44.0 Å². The van der Waals surface area contributed by atoms with Gasteiger partial charge in [-0.05, 0) is 51.9 Å². The van der Waals surface area contributed by atoms with E-state index in [-0.39, 0.29) is 5.54 Å². The van der Waals surface area contributed by atoms with E-state index in [9.17, 15) is 5.26 Å². The molecule has 0 rings (SSSR count). The molecule has 18 heavy (non-hydrogen) atoms. The summed E-state index contributed by atoms with van der Waals surface area (Å²) in [6.45, 7) is 12.9. The number of nitrogens with one attached hydrogen (secondary N) is 1. The third-order valence-electron chi connectivity index (χ3n) is 3.69. The van der Waals surface area contributed by atoms with Crippen LogP contribution in [0, 0.1) is 11.3 Å². The number of hydrogen-bond acceptors (Lipinski definition) is 3. The molecular weight excluding hydrogens is 222 g/mol. The quantitative estimate of drug-likeness (QED) is 0.615. The molecule has 0 saturated carbocycles. The van der Waals surface area contributed by atoms with Crippen molar-refractivity contribution in [2.24, 2.45) is 0 Å². The van der Waals surface area contributed by atoms with Crippen molar-refractivity contribution < 1.29 is 0 Å². The Bertz CT molecular complexity index is 234. The second-order valence-corrected chi connectivity index (χ2v) is 4.97. The molecular formula is C15H31N3. The maximum Gasteiger partial charge on any atom is 0.106 e. The Morgan fingerprint density at radius 3 is 2.22 bits per heavy atom. The lowest BCUT2D eigenvalue weighted by molar-refractivity contribution is 0.260. The van der Waals surface area contributed by atoms with Crippen molar-refractivity contribution in [3.63, 3.8) is 0 Å². The minimum atomic E-state index is -0.307. The largest absolute Gasteiger partial charge is 0.304 e. The number of nitrogens with zero attached hydrogens (tertiary/aromatic N) is 2. The van der Waals surface area contributed by atoms with Gasteiger partial charge in [0.05, 0.1) is 6.07 Å². The van der Waals surface area contributed by atoms with Crippen LogP contribution in [-0.2, 0) is 0 Å². The van der Waals surface area contributed by atoms with Gasteiger partial charge in [-0.15, -0.1) is 0 Å². The molecule has 1 N–H and O–H groups in total. The van der Waals surface area contributed by atoms with Crippen LogP contribution in [0.5, 0.6) is 0 Å². The average Bonchev–Trinajstić information content (AvgIpc) is 2.41. The second kappa shape index (κ2) is 10.3. The van der Waals surface area contributed by atoms with E-state index in [1.54, 1.807) is 0 Å². The molecule has 0 radical (unpaired) electrons. The predicted octanol–water partition coefficient (Wildman–Crippen LogP) is 3.17. The van der Waals surface area contributed by atoms with E-state index in [1.165, 1.54) is 19.4 Å². The standard InChI is InChI=1S/C15H31N3/c1-5-9-12-18(8-4)13-10-11-15(6-2,14-16)17-7-3/h17H,5-13H2,1-4H3. The van der Waals surface area contributed by atoms with Crippen molar-refractivity contribution in [1.29, 1.82) is 5.26 Å². The Morgan fingerprint density at radius 2 is 1.78 bits per heavy atom. The van der Waals surface area contributed by atoms with E-state index < -0.39 is 0 Å². The fourth-order valence-electron chi connectivity index (χ4n) is 2.32. The molecule has 1 unspecified atom stereocenters. The molecule has 3 nitrogen and oxygen atoms in total. The molecule has 1 atom stereocenters. The highest BCUT2D eigenvalue weighted by atomic mass is 15.1. The van der Waals surface area contributed by atoms with E-state index in [0.29, 0.717) is 0 Å². The number of hydrogen-bond donors (Lipinski definition) is 1. The SMILES string of the molecule is CCCCN(CC)CCCC(C#N)(CC)NCC. The van der Waals surface area contributed by atoms with Crippen LogP contribution >= 0.6 is 0 Å². The third kappa shape index (κ3) is 6.37. The van der Waals surface area contributed by atoms with E-state index in [1.807, 2.05) is 0 Å². The van der Waals surface area contributed by atoms with Gasteiger partial charge in [0, 0.05) is 0 Å². The van der Waals surface area contributed by atoms with Gasteiger partial charge in [0.25, 0.3) is 0 Å². The monoisotopic (exact) mass is 253 g/mol. The van der Waals surface area contributed by atoms with Gasteiger partial charge in [0.15, 0.2) is 0 Å². The van der Waals surface area contributed by atoms with Crippen molar-refractivity contribution >= 4 is 0 Å². The molecule has 0 saturated heterocycles. The van der Waals surface area contributed by atoms with Crippen molar-refractivity contribution in [3.8, 4) is 6.07 Å². The second-order valence-electron chi connectivity index (χ2n) is 4.97. The van der Waals surface area contributed by atoms with Crippen LogP contribution in [0.2, 0.25) is 0 Å². The van der Waals surface area contributed by atoms with Gasteiger partial charge in [-0.3, -0.25) is 5.32 Å². The van der Waals surface area contributed by atoms with Gasteiger partial charge in [0.1, 0.15) is 5.54 Å². The van der Waals surface area contributed by atoms with Crippen LogP contribution < -0.4 is 5.32 Å². The Kier molecular flexibility index (Phi) is 10.0. The molecule has 0 fully saturated rings. The Balaban J connectivity index is 4.08. The van der Waals surface area contributed by atoms with Gasteiger partial charge in [0.2, 0.25) is 0 Å². The van der Waals surface area contributed by atoms with Gasteiger partial charge in [-0.2, -0.15) is 5.26 Å². The zero-order chi connectivity index (χ0) is 13.9. The fourth-order valence-corrected chi connectivity index (χ4v) is 2.32. The van der Waals surface area contributed by atoms with Crippen molar-refractivity contribution in [1.82, 2.24) is 10.2 Å². The molecule has 3 heteroatoms. The first kappa shape index (κ1) is 17.4. The van der Waals surface area contributed by atoms with Crippen molar-refractivity contribution in [2.75, 3.05) is 26.2 Å². The lowest BCUT2D eigenvalue weighted by atomic mass is 9.92. The van der Waals surface area contributed by atoms with Crippen LogP contribution in [0.4, 0.5) is 0 Å². The maximum atomic E-state index is 9.35. The summed E-state index contributed by atoms with van der Waals surface area (Å²) in [6.07, 6.45) is 5.48. The smallest absolute Gasteiger partial charge is 0.106 e. The first-order chi connectivity index (χ1) is 8.67. The van der Waals surface area contributed by atoms with E-state index >= 15 is 0 Å². The fraction of sp³-hybridized carbons (Fsp3) is 0.933. The van der Waals surface area contributed by atoms with Gasteiger partial charge in [-0.1, -0.05) is 34.1 Å². The Hall–Kier alpha value is -0.590. The summed E-state index contributed by atoms with van der Waals surface area (Å²) in [4.78, 5) is 2.49.